The molecule has 29 heavy (non-hydrogen) atoms. The van der Waals surface area contributed by atoms with Gasteiger partial charge in [0, 0.05) is 6.92 Å². The minimum Gasteiger partial charge on any atom is -0.340 e. The van der Waals surface area contributed by atoms with Gasteiger partial charge in [-0.2, -0.15) is 4.98 Å². The van der Waals surface area contributed by atoms with E-state index in [1.54, 1.807) is 18.7 Å². The minimum absolute atomic E-state index is 0.00255. The van der Waals surface area contributed by atoms with E-state index in [-0.39, 0.29) is 30.9 Å². The summed E-state index contributed by atoms with van der Waals surface area (Å²) in [5, 5.41) is 12.0. The molecule has 1 atom stereocenters. The maximum absolute atomic E-state index is 13.1. The molecule has 0 spiro atoms. The van der Waals surface area contributed by atoms with Gasteiger partial charge in [0.25, 0.3) is 5.91 Å². The van der Waals surface area contributed by atoms with Crippen molar-refractivity contribution in [2.75, 3.05) is 11.4 Å². The van der Waals surface area contributed by atoms with Crippen LogP contribution in [0, 0.1) is 13.8 Å². The highest BCUT2D eigenvalue weighted by atomic mass is 16.5. The maximum Gasteiger partial charge on any atom is 0.333 e. The van der Waals surface area contributed by atoms with Crippen LogP contribution in [0.15, 0.2) is 34.9 Å². The van der Waals surface area contributed by atoms with Crippen molar-refractivity contribution in [1.82, 2.24) is 30.0 Å². The van der Waals surface area contributed by atoms with Crippen molar-refractivity contribution in [2.24, 2.45) is 0 Å². The van der Waals surface area contributed by atoms with E-state index in [2.05, 4.69) is 20.5 Å². The first-order valence-electron chi connectivity index (χ1n) is 9.37. The monoisotopic (exact) mass is 395 g/mol. The number of hydrogen-bond acceptors (Lipinski definition) is 7. The highest BCUT2D eigenvalue weighted by Gasteiger charge is 2.42. The molecule has 0 N–H and O–H groups in total. The molecule has 1 aromatic carbocycles. The van der Waals surface area contributed by atoms with E-state index < -0.39 is 6.03 Å². The third-order valence-corrected chi connectivity index (χ3v) is 4.97. The summed E-state index contributed by atoms with van der Waals surface area (Å²) in [5.41, 5.74) is 1.56. The molecule has 10 nitrogen and oxygen atoms in total. The summed E-state index contributed by atoms with van der Waals surface area (Å²) in [6.45, 7) is 5.68. The molecule has 3 heterocycles. The Morgan fingerprint density at radius 2 is 1.93 bits per heavy atom. The number of benzene rings is 1. The van der Waals surface area contributed by atoms with Gasteiger partial charge >= 0.3 is 6.03 Å². The molecule has 3 amide bonds. The van der Waals surface area contributed by atoms with Crippen molar-refractivity contribution < 1.29 is 14.1 Å². The van der Waals surface area contributed by atoms with Gasteiger partial charge in [0.2, 0.25) is 5.89 Å². The van der Waals surface area contributed by atoms with Crippen LogP contribution in [0.2, 0.25) is 0 Å². The molecule has 150 valence electrons. The fourth-order valence-corrected chi connectivity index (χ4v) is 3.53. The number of carbonyl (C=O) groups excluding carboxylic acids is 2. The molecule has 2 aromatic heterocycles. The molecule has 1 unspecified atom stereocenters. The molecule has 0 saturated carbocycles. The van der Waals surface area contributed by atoms with Gasteiger partial charge in [0.05, 0.1) is 11.7 Å². The number of amides is 3. The first-order valence-corrected chi connectivity index (χ1v) is 9.37. The second-order valence-electron chi connectivity index (χ2n) is 6.86. The van der Waals surface area contributed by atoms with Gasteiger partial charge < -0.3 is 9.42 Å². The van der Waals surface area contributed by atoms with Crippen LogP contribution in [0.5, 0.6) is 0 Å². The SMILES string of the molecule is CCC(c1ccccc1)N1CC(=O)N(c2nnn(Cc3noc(C)n3)c2C)C1=O. The zero-order valence-electron chi connectivity index (χ0n) is 16.4. The number of urea groups is 1. The van der Waals surface area contributed by atoms with Crippen LogP contribution >= 0.6 is 0 Å². The van der Waals surface area contributed by atoms with Gasteiger partial charge in [-0.05, 0) is 18.9 Å². The van der Waals surface area contributed by atoms with Crippen LogP contribution in [-0.4, -0.2) is 48.5 Å². The molecule has 4 rings (SSSR count). The van der Waals surface area contributed by atoms with Crippen molar-refractivity contribution >= 4 is 17.8 Å². The van der Waals surface area contributed by atoms with Crippen molar-refractivity contribution in [3.8, 4) is 0 Å². The van der Waals surface area contributed by atoms with Crippen LogP contribution in [0.3, 0.4) is 0 Å². The molecule has 10 heteroatoms. The molecular weight excluding hydrogens is 374 g/mol. The third kappa shape index (κ3) is 3.37. The van der Waals surface area contributed by atoms with Gasteiger partial charge in [-0.15, -0.1) is 5.10 Å². The number of aryl methyl sites for hydroxylation is 1. The Morgan fingerprint density at radius 1 is 1.17 bits per heavy atom. The molecule has 0 radical (unpaired) electrons. The summed E-state index contributed by atoms with van der Waals surface area (Å²) in [6, 6.07) is 9.12. The van der Waals surface area contributed by atoms with Gasteiger partial charge in [-0.25, -0.2) is 14.4 Å². The number of nitrogens with zero attached hydrogens (tertiary/aromatic N) is 7. The normalized spacial score (nSPS) is 15.4. The van der Waals surface area contributed by atoms with E-state index in [0.717, 1.165) is 10.5 Å². The van der Waals surface area contributed by atoms with E-state index in [4.69, 9.17) is 4.52 Å². The summed E-state index contributed by atoms with van der Waals surface area (Å²) >= 11 is 0. The Bertz CT molecular complexity index is 1040. The summed E-state index contributed by atoms with van der Waals surface area (Å²) in [4.78, 5) is 32.7. The van der Waals surface area contributed by atoms with Crippen LogP contribution < -0.4 is 4.90 Å². The van der Waals surface area contributed by atoms with E-state index in [0.29, 0.717) is 23.8 Å². The van der Waals surface area contributed by atoms with Crippen LogP contribution in [-0.2, 0) is 11.3 Å². The number of imide groups is 1. The van der Waals surface area contributed by atoms with E-state index in [1.807, 2.05) is 37.3 Å². The van der Waals surface area contributed by atoms with Gasteiger partial charge in [-0.3, -0.25) is 4.79 Å². The second kappa shape index (κ2) is 7.46. The van der Waals surface area contributed by atoms with Crippen molar-refractivity contribution in [3.63, 3.8) is 0 Å². The van der Waals surface area contributed by atoms with Crippen LogP contribution in [0.1, 0.15) is 42.4 Å². The van der Waals surface area contributed by atoms with Crippen LogP contribution in [0.25, 0.3) is 0 Å². The number of anilines is 1. The standard InChI is InChI=1S/C19H21N7O3/c1-4-15(14-8-6-5-7-9-14)24-11-17(27)26(19(24)28)18-12(2)25(23-21-18)10-16-20-13(3)29-22-16/h5-9,15H,4,10-11H2,1-3H3. The van der Waals surface area contributed by atoms with Gasteiger partial charge in [0.1, 0.15) is 13.1 Å². The van der Waals surface area contributed by atoms with Crippen molar-refractivity contribution in [3.05, 3.63) is 53.3 Å². The first kappa shape index (κ1) is 18.8. The Labute approximate surface area is 167 Å². The quantitative estimate of drug-likeness (QED) is 0.589. The largest absolute Gasteiger partial charge is 0.340 e. The summed E-state index contributed by atoms with van der Waals surface area (Å²) < 4.78 is 6.50. The lowest BCUT2D eigenvalue weighted by Gasteiger charge is -2.26. The van der Waals surface area contributed by atoms with E-state index >= 15 is 0 Å². The fraction of sp³-hybridized carbons (Fsp3) is 0.368. The topological polar surface area (TPSA) is 110 Å². The zero-order chi connectivity index (χ0) is 20.5. The van der Waals surface area contributed by atoms with Crippen LogP contribution in [0.4, 0.5) is 10.6 Å². The maximum atomic E-state index is 13.1. The molecule has 1 aliphatic rings. The first-order chi connectivity index (χ1) is 14.0. The van der Waals surface area contributed by atoms with E-state index in [9.17, 15) is 9.59 Å². The molecule has 1 aliphatic heterocycles. The molecule has 0 bridgehead atoms. The Balaban J connectivity index is 1.59. The minimum atomic E-state index is -0.392. The fourth-order valence-electron chi connectivity index (χ4n) is 3.53. The third-order valence-electron chi connectivity index (χ3n) is 4.97. The zero-order valence-corrected chi connectivity index (χ0v) is 16.4. The lowest BCUT2D eigenvalue weighted by Crippen LogP contribution is -2.35. The average Bonchev–Trinajstić information content (AvgIpc) is 3.37. The second-order valence-corrected chi connectivity index (χ2v) is 6.86. The Hall–Kier alpha value is -3.56. The molecule has 1 saturated heterocycles. The van der Waals surface area contributed by atoms with E-state index in [1.165, 1.54) is 4.68 Å². The smallest absolute Gasteiger partial charge is 0.333 e. The van der Waals surface area contributed by atoms with Crippen molar-refractivity contribution in [1.29, 1.82) is 0 Å². The van der Waals surface area contributed by atoms with Gasteiger partial charge in [0.15, 0.2) is 11.6 Å². The summed E-state index contributed by atoms with van der Waals surface area (Å²) in [7, 11) is 0. The molecular formula is C19H21N7O3. The lowest BCUT2D eigenvalue weighted by atomic mass is 10.0. The summed E-state index contributed by atoms with van der Waals surface area (Å²) in [6.07, 6.45) is 0.694. The number of aromatic nitrogens is 5. The predicted octanol–water partition coefficient (Wildman–Crippen LogP) is 2.25. The number of carbonyl (C=O) groups is 2. The van der Waals surface area contributed by atoms with Gasteiger partial charge in [-0.1, -0.05) is 47.6 Å². The lowest BCUT2D eigenvalue weighted by molar-refractivity contribution is -0.116. The average molecular weight is 395 g/mol. The molecule has 0 aliphatic carbocycles. The summed E-state index contributed by atoms with van der Waals surface area (Å²) in [5.74, 6) is 0.795. The molecule has 3 aromatic rings. The number of rotatable bonds is 6. The Morgan fingerprint density at radius 3 is 2.59 bits per heavy atom. The highest BCUT2D eigenvalue weighted by molar-refractivity contribution is 6.19. The highest BCUT2D eigenvalue weighted by Crippen LogP contribution is 2.31. The Kier molecular flexibility index (Phi) is 4.83. The number of hydrogen-bond donors (Lipinski definition) is 0. The van der Waals surface area contributed by atoms with Crippen molar-refractivity contribution in [2.45, 2.75) is 39.8 Å². The molecule has 1 fully saturated rings. The predicted molar refractivity (Wildman–Crippen MR) is 102 cm³/mol.